The SMILES string of the molecule is Cc1ccc(NC(=O)C(=O)NCC2CCN(C)CC2)c([N+](=O)[O-])c1. The van der Waals surface area contributed by atoms with E-state index in [9.17, 15) is 19.7 Å². The van der Waals surface area contributed by atoms with Gasteiger partial charge in [-0.3, -0.25) is 19.7 Å². The van der Waals surface area contributed by atoms with Crippen molar-refractivity contribution in [2.24, 2.45) is 5.92 Å². The summed E-state index contributed by atoms with van der Waals surface area (Å²) in [5.41, 5.74) is 0.489. The quantitative estimate of drug-likeness (QED) is 0.490. The second kappa shape index (κ2) is 7.87. The van der Waals surface area contributed by atoms with Crippen molar-refractivity contribution in [3.63, 3.8) is 0 Å². The van der Waals surface area contributed by atoms with E-state index < -0.39 is 16.7 Å². The normalized spacial score (nSPS) is 15.8. The Balaban J connectivity index is 1.90. The van der Waals surface area contributed by atoms with Crippen LogP contribution in [0.3, 0.4) is 0 Å². The number of nitro benzene ring substituents is 1. The zero-order valence-corrected chi connectivity index (χ0v) is 13.9. The maximum absolute atomic E-state index is 11.9. The average molecular weight is 334 g/mol. The second-order valence-corrected chi connectivity index (χ2v) is 6.19. The van der Waals surface area contributed by atoms with E-state index in [2.05, 4.69) is 22.6 Å². The Kier molecular flexibility index (Phi) is 5.86. The van der Waals surface area contributed by atoms with Crippen molar-refractivity contribution in [3.05, 3.63) is 33.9 Å². The number of amides is 2. The minimum absolute atomic E-state index is 0.0186. The lowest BCUT2D eigenvalue weighted by molar-refractivity contribution is -0.384. The van der Waals surface area contributed by atoms with Gasteiger partial charge in [0.25, 0.3) is 5.69 Å². The number of anilines is 1. The molecule has 1 aliphatic rings. The topological polar surface area (TPSA) is 105 Å². The van der Waals surface area contributed by atoms with E-state index in [-0.39, 0.29) is 11.4 Å². The predicted octanol–water partition coefficient (Wildman–Crippen LogP) is 1.30. The lowest BCUT2D eigenvalue weighted by atomic mass is 9.97. The lowest BCUT2D eigenvalue weighted by Gasteiger charge is -2.28. The van der Waals surface area contributed by atoms with Crippen LogP contribution in [-0.4, -0.2) is 48.3 Å². The Morgan fingerprint density at radius 1 is 1.29 bits per heavy atom. The summed E-state index contributed by atoms with van der Waals surface area (Å²) >= 11 is 0. The largest absolute Gasteiger partial charge is 0.348 e. The zero-order chi connectivity index (χ0) is 17.7. The fourth-order valence-electron chi connectivity index (χ4n) is 2.66. The van der Waals surface area contributed by atoms with Crippen LogP contribution >= 0.6 is 0 Å². The third-order valence-corrected chi connectivity index (χ3v) is 4.19. The number of nitro groups is 1. The van der Waals surface area contributed by atoms with Gasteiger partial charge in [-0.15, -0.1) is 0 Å². The molecule has 0 unspecified atom stereocenters. The Bertz CT molecular complexity index is 639. The number of nitrogens with one attached hydrogen (secondary N) is 2. The Hall–Kier alpha value is -2.48. The van der Waals surface area contributed by atoms with Gasteiger partial charge in [-0.05, 0) is 57.5 Å². The molecule has 0 saturated carbocycles. The maximum atomic E-state index is 11.9. The van der Waals surface area contributed by atoms with Crippen LogP contribution in [0.25, 0.3) is 0 Å². The van der Waals surface area contributed by atoms with Crippen LogP contribution < -0.4 is 10.6 Å². The van der Waals surface area contributed by atoms with Crippen LogP contribution in [0.1, 0.15) is 18.4 Å². The molecule has 0 bridgehead atoms. The summed E-state index contributed by atoms with van der Waals surface area (Å²) in [5, 5.41) is 16.0. The molecule has 1 heterocycles. The molecule has 1 aliphatic heterocycles. The van der Waals surface area contributed by atoms with Gasteiger partial charge in [0.15, 0.2) is 0 Å². The number of piperidine rings is 1. The van der Waals surface area contributed by atoms with Gasteiger partial charge < -0.3 is 15.5 Å². The van der Waals surface area contributed by atoms with Crippen molar-refractivity contribution in [1.82, 2.24) is 10.2 Å². The Morgan fingerprint density at radius 2 is 1.96 bits per heavy atom. The van der Waals surface area contributed by atoms with Gasteiger partial charge in [-0.25, -0.2) is 0 Å². The first-order chi connectivity index (χ1) is 11.4. The first kappa shape index (κ1) is 17.9. The number of rotatable bonds is 4. The highest BCUT2D eigenvalue weighted by Crippen LogP contribution is 2.25. The minimum atomic E-state index is -0.894. The van der Waals surface area contributed by atoms with Crippen LogP contribution in [0.2, 0.25) is 0 Å². The fourth-order valence-corrected chi connectivity index (χ4v) is 2.66. The van der Waals surface area contributed by atoms with E-state index in [1.165, 1.54) is 12.1 Å². The average Bonchev–Trinajstić information content (AvgIpc) is 2.55. The highest BCUT2D eigenvalue weighted by Gasteiger charge is 2.22. The van der Waals surface area contributed by atoms with Crippen LogP contribution in [0, 0.1) is 23.0 Å². The monoisotopic (exact) mass is 334 g/mol. The van der Waals surface area contributed by atoms with Gasteiger partial charge in [0.1, 0.15) is 5.69 Å². The molecule has 1 saturated heterocycles. The highest BCUT2D eigenvalue weighted by molar-refractivity contribution is 6.39. The summed E-state index contributed by atoms with van der Waals surface area (Å²) in [5.74, 6) is -1.31. The van der Waals surface area contributed by atoms with Crippen molar-refractivity contribution in [1.29, 1.82) is 0 Å². The smallest absolute Gasteiger partial charge is 0.313 e. The van der Waals surface area contributed by atoms with Gasteiger partial charge in [0.2, 0.25) is 0 Å². The van der Waals surface area contributed by atoms with Gasteiger partial charge in [0, 0.05) is 12.6 Å². The third-order valence-electron chi connectivity index (χ3n) is 4.19. The molecular weight excluding hydrogens is 312 g/mol. The molecule has 8 heteroatoms. The van der Waals surface area contributed by atoms with E-state index in [1.54, 1.807) is 13.0 Å². The van der Waals surface area contributed by atoms with Crippen LogP contribution in [0.15, 0.2) is 18.2 Å². The second-order valence-electron chi connectivity index (χ2n) is 6.19. The molecule has 0 spiro atoms. The van der Waals surface area contributed by atoms with Crippen molar-refractivity contribution >= 4 is 23.2 Å². The van der Waals surface area contributed by atoms with Gasteiger partial charge in [-0.1, -0.05) is 6.07 Å². The number of likely N-dealkylation sites (tertiary alicyclic amines) is 1. The Labute approximate surface area is 140 Å². The predicted molar refractivity (Wildman–Crippen MR) is 89.7 cm³/mol. The van der Waals surface area contributed by atoms with Gasteiger partial charge in [0.05, 0.1) is 4.92 Å². The summed E-state index contributed by atoms with van der Waals surface area (Å²) in [6, 6.07) is 4.42. The lowest BCUT2D eigenvalue weighted by Crippen LogP contribution is -2.41. The van der Waals surface area contributed by atoms with Crippen LogP contribution in [0.5, 0.6) is 0 Å². The first-order valence-electron chi connectivity index (χ1n) is 7.89. The van der Waals surface area contributed by atoms with Gasteiger partial charge in [-0.2, -0.15) is 0 Å². The number of carbonyl (C=O) groups excluding carboxylic acids is 2. The number of carbonyl (C=O) groups is 2. The molecule has 1 aromatic rings. The molecule has 8 nitrogen and oxygen atoms in total. The minimum Gasteiger partial charge on any atom is -0.348 e. The van der Waals surface area contributed by atoms with Crippen LogP contribution in [0.4, 0.5) is 11.4 Å². The summed E-state index contributed by atoms with van der Waals surface area (Å²) in [6.07, 6.45) is 1.95. The number of hydrogen-bond acceptors (Lipinski definition) is 5. The first-order valence-corrected chi connectivity index (χ1v) is 7.89. The van der Waals surface area contributed by atoms with Crippen molar-refractivity contribution in [2.45, 2.75) is 19.8 Å². The summed E-state index contributed by atoms with van der Waals surface area (Å²) in [4.78, 5) is 36.5. The third kappa shape index (κ3) is 4.76. The highest BCUT2D eigenvalue weighted by atomic mass is 16.6. The van der Waals surface area contributed by atoms with E-state index in [0.29, 0.717) is 18.0 Å². The van der Waals surface area contributed by atoms with Crippen molar-refractivity contribution in [2.75, 3.05) is 32.0 Å². The molecule has 24 heavy (non-hydrogen) atoms. The molecule has 1 fully saturated rings. The molecule has 0 aliphatic carbocycles. The molecule has 2 rings (SSSR count). The van der Waals surface area contributed by atoms with Gasteiger partial charge >= 0.3 is 11.8 Å². The molecule has 0 aromatic heterocycles. The molecule has 130 valence electrons. The van der Waals surface area contributed by atoms with Crippen molar-refractivity contribution in [3.8, 4) is 0 Å². The molecule has 0 atom stereocenters. The maximum Gasteiger partial charge on any atom is 0.313 e. The number of benzene rings is 1. The van der Waals surface area contributed by atoms with E-state index >= 15 is 0 Å². The molecule has 1 aromatic carbocycles. The summed E-state index contributed by atoms with van der Waals surface area (Å²) in [6.45, 7) is 4.10. The molecular formula is C16H22N4O4. The summed E-state index contributed by atoms with van der Waals surface area (Å²) in [7, 11) is 2.05. The Morgan fingerprint density at radius 3 is 2.58 bits per heavy atom. The van der Waals surface area contributed by atoms with Crippen molar-refractivity contribution < 1.29 is 14.5 Å². The molecule has 2 amide bonds. The molecule has 0 radical (unpaired) electrons. The van der Waals surface area contributed by atoms with E-state index in [0.717, 1.165) is 25.9 Å². The standard InChI is InChI=1S/C16H22N4O4/c1-11-3-4-13(14(9-11)20(23)24)18-16(22)15(21)17-10-12-5-7-19(2)8-6-12/h3-4,9,12H,5-8,10H2,1-2H3,(H,17,21)(H,18,22). The van der Waals surface area contributed by atoms with E-state index in [1.807, 2.05) is 0 Å². The number of hydrogen-bond donors (Lipinski definition) is 2. The number of aryl methyl sites for hydroxylation is 1. The van der Waals surface area contributed by atoms with Crippen LogP contribution in [-0.2, 0) is 9.59 Å². The fraction of sp³-hybridized carbons (Fsp3) is 0.500. The molecule has 2 N–H and O–H groups in total. The zero-order valence-electron chi connectivity index (χ0n) is 13.9. The number of nitrogens with zero attached hydrogens (tertiary/aromatic N) is 2. The summed E-state index contributed by atoms with van der Waals surface area (Å²) < 4.78 is 0. The van der Waals surface area contributed by atoms with E-state index in [4.69, 9.17) is 0 Å².